The number of alkyl halides is 3. The van der Waals surface area contributed by atoms with Crippen molar-refractivity contribution >= 4 is 12.1 Å². The van der Waals surface area contributed by atoms with Gasteiger partial charge in [0.25, 0.3) is 0 Å². The summed E-state index contributed by atoms with van der Waals surface area (Å²) in [5.41, 5.74) is 0.762. The maximum absolute atomic E-state index is 12.5. The molecule has 1 aliphatic rings. The van der Waals surface area contributed by atoms with Crippen LogP contribution in [-0.4, -0.2) is 67.3 Å². The SMILES string of the molecule is CCOC(Cc1ccc(OCCN(CCCC2CCCCC2)C(=O)OCC(F)(F)F)cc1)C(=O)O. The largest absolute Gasteiger partial charge is 0.492 e. The van der Waals surface area contributed by atoms with Crippen molar-refractivity contribution in [2.24, 2.45) is 5.92 Å². The molecule has 1 atom stereocenters. The van der Waals surface area contributed by atoms with Gasteiger partial charge in [-0.3, -0.25) is 0 Å². The second-order valence-electron chi connectivity index (χ2n) is 8.78. The number of halogens is 3. The summed E-state index contributed by atoms with van der Waals surface area (Å²) >= 11 is 0. The van der Waals surface area contributed by atoms with E-state index in [9.17, 15) is 27.9 Å². The molecule has 1 saturated carbocycles. The first kappa shape index (κ1) is 28.7. The Labute approximate surface area is 204 Å². The maximum Gasteiger partial charge on any atom is 0.422 e. The van der Waals surface area contributed by atoms with Crippen LogP contribution in [0.25, 0.3) is 0 Å². The molecule has 198 valence electrons. The molecule has 0 saturated heterocycles. The Balaban J connectivity index is 1.85. The lowest BCUT2D eigenvalue weighted by atomic mass is 9.86. The third-order valence-electron chi connectivity index (χ3n) is 6.00. The zero-order valence-electron chi connectivity index (χ0n) is 20.2. The van der Waals surface area contributed by atoms with Gasteiger partial charge in [-0.15, -0.1) is 0 Å². The van der Waals surface area contributed by atoms with Gasteiger partial charge in [-0.25, -0.2) is 9.59 Å². The van der Waals surface area contributed by atoms with Crippen LogP contribution in [0.4, 0.5) is 18.0 Å². The number of ether oxygens (including phenoxy) is 3. The molecule has 1 aromatic rings. The maximum atomic E-state index is 12.5. The number of aliphatic carboxylic acids is 1. The van der Waals surface area contributed by atoms with Crippen LogP contribution in [0.15, 0.2) is 24.3 Å². The van der Waals surface area contributed by atoms with Crippen LogP contribution in [0.3, 0.4) is 0 Å². The van der Waals surface area contributed by atoms with Crippen LogP contribution in [0.5, 0.6) is 5.75 Å². The van der Waals surface area contributed by atoms with Crippen molar-refractivity contribution in [3.63, 3.8) is 0 Å². The number of carbonyl (C=O) groups is 2. The van der Waals surface area contributed by atoms with Crippen LogP contribution in [0, 0.1) is 5.92 Å². The number of amides is 1. The molecule has 7 nitrogen and oxygen atoms in total. The summed E-state index contributed by atoms with van der Waals surface area (Å²) < 4.78 is 52.8. The van der Waals surface area contributed by atoms with E-state index in [0.717, 1.165) is 24.8 Å². The molecular weight excluding hydrogens is 467 g/mol. The molecular formula is C25H36F3NO6. The van der Waals surface area contributed by atoms with Crippen molar-refractivity contribution in [2.45, 2.75) is 70.6 Å². The van der Waals surface area contributed by atoms with Crippen molar-refractivity contribution < 1.29 is 42.1 Å². The fourth-order valence-electron chi connectivity index (χ4n) is 4.20. The van der Waals surface area contributed by atoms with Crippen molar-refractivity contribution in [3.05, 3.63) is 29.8 Å². The first-order chi connectivity index (χ1) is 16.7. The highest BCUT2D eigenvalue weighted by atomic mass is 19.4. The average molecular weight is 504 g/mol. The molecule has 0 radical (unpaired) electrons. The van der Waals surface area contributed by atoms with Crippen LogP contribution < -0.4 is 4.74 Å². The summed E-state index contributed by atoms with van der Waals surface area (Å²) in [5.74, 6) is 0.0750. The van der Waals surface area contributed by atoms with Gasteiger partial charge in [0.05, 0.1) is 6.54 Å². The first-order valence-corrected chi connectivity index (χ1v) is 12.2. The van der Waals surface area contributed by atoms with E-state index >= 15 is 0 Å². The molecule has 1 fully saturated rings. The van der Waals surface area contributed by atoms with Crippen LogP contribution >= 0.6 is 0 Å². The molecule has 1 aliphatic carbocycles. The lowest BCUT2D eigenvalue weighted by Gasteiger charge is -2.25. The molecule has 0 aromatic heterocycles. The second-order valence-corrected chi connectivity index (χ2v) is 8.78. The van der Waals surface area contributed by atoms with Gasteiger partial charge in [0.15, 0.2) is 12.7 Å². The molecule has 1 N–H and O–H groups in total. The lowest BCUT2D eigenvalue weighted by molar-refractivity contribution is -0.162. The molecule has 10 heteroatoms. The number of rotatable bonds is 14. The van der Waals surface area contributed by atoms with E-state index in [-0.39, 0.29) is 19.6 Å². The highest BCUT2D eigenvalue weighted by molar-refractivity contribution is 5.72. The van der Waals surface area contributed by atoms with E-state index in [2.05, 4.69) is 4.74 Å². The summed E-state index contributed by atoms with van der Waals surface area (Å²) in [4.78, 5) is 24.8. The smallest absolute Gasteiger partial charge is 0.422 e. The molecule has 35 heavy (non-hydrogen) atoms. The van der Waals surface area contributed by atoms with Gasteiger partial charge in [-0.2, -0.15) is 13.2 Å². The van der Waals surface area contributed by atoms with E-state index < -0.39 is 30.9 Å². The van der Waals surface area contributed by atoms with Gasteiger partial charge in [0.1, 0.15) is 12.4 Å². The van der Waals surface area contributed by atoms with E-state index in [4.69, 9.17) is 9.47 Å². The Morgan fingerprint density at radius 3 is 2.40 bits per heavy atom. The summed E-state index contributed by atoms with van der Waals surface area (Å²) in [6.07, 6.45) is 1.32. The lowest BCUT2D eigenvalue weighted by Crippen LogP contribution is -2.37. The molecule has 0 spiro atoms. The Morgan fingerprint density at radius 2 is 1.80 bits per heavy atom. The second kappa shape index (κ2) is 14.8. The predicted octanol–water partition coefficient (Wildman–Crippen LogP) is 5.46. The Morgan fingerprint density at radius 1 is 1.11 bits per heavy atom. The minimum absolute atomic E-state index is 0.0839. The van der Waals surface area contributed by atoms with Crippen molar-refractivity contribution in [1.29, 1.82) is 0 Å². The summed E-state index contributed by atoms with van der Waals surface area (Å²) in [5, 5.41) is 9.20. The molecule has 0 aliphatic heterocycles. The van der Waals surface area contributed by atoms with Gasteiger partial charge in [-0.05, 0) is 43.4 Å². The number of carboxylic acids is 1. The quantitative estimate of drug-likeness (QED) is 0.363. The summed E-state index contributed by atoms with van der Waals surface area (Å²) in [6, 6.07) is 6.80. The molecule has 0 bridgehead atoms. The van der Waals surface area contributed by atoms with Crippen LogP contribution in [-0.2, 0) is 20.7 Å². The highest BCUT2D eigenvalue weighted by Gasteiger charge is 2.31. The first-order valence-electron chi connectivity index (χ1n) is 12.2. The number of carbonyl (C=O) groups excluding carboxylic acids is 1. The molecule has 1 amide bonds. The van der Waals surface area contributed by atoms with E-state index in [1.165, 1.54) is 24.2 Å². The van der Waals surface area contributed by atoms with Crippen molar-refractivity contribution in [2.75, 3.05) is 32.9 Å². The average Bonchev–Trinajstić information content (AvgIpc) is 2.82. The van der Waals surface area contributed by atoms with E-state index in [1.807, 2.05) is 0 Å². The third kappa shape index (κ3) is 11.7. The monoisotopic (exact) mass is 503 g/mol. The predicted molar refractivity (Wildman–Crippen MR) is 123 cm³/mol. The molecule has 2 rings (SSSR count). The fourth-order valence-corrected chi connectivity index (χ4v) is 4.20. The molecule has 1 aromatic carbocycles. The van der Waals surface area contributed by atoms with Gasteiger partial charge in [0.2, 0.25) is 0 Å². The van der Waals surface area contributed by atoms with Crippen LogP contribution in [0.1, 0.15) is 57.4 Å². The number of hydrogen-bond donors (Lipinski definition) is 1. The topological polar surface area (TPSA) is 85.3 Å². The van der Waals surface area contributed by atoms with E-state index in [0.29, 0.717) is 31.2 Å². The zero-order valence-corrected chi connectivity index (χ0v) is 20.2. The van der Waals surface area contributed by atoms with E-state index in [1.54, 1.807) is 31.2 Å². The third-order valence-corrected chi connectivity index (χ3v) is 6.00. The summed E-state index contributed by atoms with van der Waals surface area (Å²) in [6.45, 7) is 0.886. The highest BCUT2D eigenvalue weighted by Crippen LogP contribution is 2.27. The van der Waals surface area contributed by atoms with Gasteiger partial charge in [-0.1, -0.05) is 44.2 Å². The van der Waals surface area contributed by atoms with Gasteiger partial charge < -0.3 is 24.2 Å². The van der Waals surface area contributed by atoms with Crippen molar-refractivity contribution in [3.8, 4) is 5.75 Å². The van der Waals surface area contributed by atoms with Gasteiger partial charge >= 0.3 is 18.2 Å². The molecule has 0 heterocycles. The fraction of sp³-hybridized carbons (Fsp3) is 0.680. The summed E-state index contributed by atoms with van der Waals surface area (Å²) in [7, 11) is 0. The Bertz CT molecular complexity index is 765. The van der Waals surface area contributed by atoms with Gasteiger partial charge in [0, 0.05) is 19.6 Å². The standard InChI is InChI=1S/C25H36F3NO6/c1-2-33-22(23(30)31)17-20-10-12-21(13-11-20)34-16-15-29(24(32)35-18-25(26,27)28)14-6-9-19-7-4-3-5-8-19/h10-13,19,22H,2-9,14-18H2,1H3,(H,30,31). The minimum Gasteiger partial charge on any atom is -0.492 e. The zero-order chi connectivity index (χ0) is 25.7. The molecule has 1 unspecified atom stereocenters. The van der Waals surface area contributed by atoms with Crippen molar-refractivity contribution in [1.82, 2.24) is 4.90 Å². The number of benzene rings is 1. The normalized spacial score (nSPS) is 15.4. The minimum atomic E-state index is -4.58. The number of carboxylic acid groups (broad SMARTS) is 1. The Kier molecular flexibility index (Phi) is 12.2. The Hall–Kier alpha value is -2.49. The number of hydrogen-bond acceptors (Lipinski definition) is 5. The number of nitrogens with zero attached hydrogens (tertiary/aromatic N) is 1. The van der Waals surface area contributed by atoms with Crippen LogP contribution in [0.2, 0.25) is 0 Å².